The Balaban J connectivity index is 1.70. The predicted molar refractivity (Wildman–Crippen MR) is 101 cm³/mol. The highest BCUT2D eigenvalue weighted by molar-refractivity contribution is 7.10. The van der Waals surface area contributed by atoms with Crippen molar-refractivity contribution in [2.24, 2.45) is 5.92 Å². The molecule has 0 fully saturated rings. The smallest absolute Gasteiger partial charge is 0.232 e. The number of aromatic nitrogens is 3. The van der Waals surface area contributed by atoms with E-state index in [1.165, 1.54) is 6.33 Å². The molecule has 0 spiro atoms. The predicted octanol–water partition coefficient (Wildman–Crippen LogP) is 3.01. The summed E-state index contributed by atoms with van der Waals surface area (Å²) in [4.78, 5) is 18.6. The second-order valence-electron chi connectivity index (χ2n) is 6.14. The molecule has 3 aromatic rings. The van der Waals surface area contributed by atoms with Gasteiger partial charge in [0, 0.05) is 10.9 Å². The van der Waals surface area contributed by atoms with Crippen LogP contribution in [0.1, 0.15) is 17.8 Å². The van der Waals surface area contributed by atoms with Crippen molar-refractivity contribution in [2.45, 2.75) is 19.0 Å². The molecule has 1 aliphatic rings. The number of carbonyl (C=O) groups excluding carboxylic acids is 1. The zero-order chi connectivity index (χ0) is 18.1. The fourth-order valence-electron chi connectivity index (χ4n) is 3.37. The molecule has 7 nitrogen and oxygen atoms in total. The highest BCUT2D eigenvalue weighted by atomic mass is 32.1. The van der Waals surface area contributed by atoms with Gasteiger partial charge in [0.25, 0.3) is 0 Å². The van der Waals surface area contributed by atoms with Crippen LogP contribution < -0.4 is 15.4 Å². The molecule has 26 heavy (non-hydrogen) atoms. The number of thiophene rings is 1. The average molecular weight is 369 g/mol. The summed E-state index contributed by atoms with van der Waals surface area (Å²) in [6, 6.07) is 11.1. The van der Waals surface area contributed by atoms with Crippen molar-refractivity contribution >= 4 is 28.9 Å². The van der Waals surface area contributed by atoms with Gasteiger partial charge < -0.3 is 15.4 Å². The van der Waals surface area contributed by atoms with E-state index in [2.05, 4.69) is 20.7 Å². The summed E-state index contributed by atoms with van der Waals surface area (Å²) in [7, 11) is 1.59. The molecule has 0 saturated carbocycles. The van der Waals surface area contributed by atoms with Crippen molar-refractivity contribution in [3.05, 3.63) is 53.0 Å². The first kappa shape index (κ1) is 16.6. The lowest BCUT2D eigenvalue weighted by molar-refractivity contribution is -0.121. The number of nitrogens with one attached hydrogen (secondary N) is 2. The van der Waals surface area contributed by atoms with Gasteiger partial charge in [-0.2, -0.15) is 10.1 Å². The molecule has 1 amide bonds. The molecule has 1 aromatic carbocycles. The van der Waals surface area contributed by atoms with Gasteiger partial charge in [0.1, 0.15) is 18.1 Å². The van der Waals surface area contributed by atoms with E-state index in [9.17, 15) is 4.79 Å². The van der Waals surface area contributed by atoms with Gasteiger partial charge >= 0.3 is 0 Å². The Morgan fingerprint density at radius 1 is 1.31 bits per heavy atom. The molecule has 0 unspecified atom stereocenters. The summed E-state index contributed by atoms with van der Waals surface area (Å²) < 4.78 is 7.14. The summed E-state index contributed by atoms with van der Waals surface area (Å²) in [5, 5.41) is 12.6. The first-order valence-corrected chi connectivity index (χ1v) is 9.20. The molecule has 0 bridgehead atoms. The SMILES string of the molecule is COc1ccccc1NC(=O)[C@@H]1[C@@H](C)Nc2ncnn2[C@H]1c1cccs1. The molecule has 3 heterocycles. The van der Waals surface area contributed by atoms with Crippen LogP contribution in [0.2, 0.25) is 0 Å². The molecule has 2 N–H and O–H groups in total. The maximum absolute atomic E-state index is 13.2. The van der Waals surface area contributed by atoms with Crippen LogP contribution >= 0.6 is 11.3 Å². The minimum absolute atomic E-state index is 0.0888. The number of para-hydroxylation sites is 2. The van der Waals surface area contributed by atoms with Gasteiger partial charge in [0.2, 0.25) is 11.9 Å². The first-order chi connectivity index (χ1) is 12.7. The minimum Gasteiger partial charge on any atom is -0.495 e. The van der Waals surface area contributed by atoms with Gasteiger partial charge in [-0.15, -0.1) is 11.3 Å². The number of methoxy groups -OCH3 is 1. The number of hydrogen-bond acceptors (Lipinski definition) is 6. The fraction of sp³-hybridized carbons (Fsp3) is 0.278. The molecule has 0 saturated heterocycles. The van der Waals surface area contributed by atoms with E-state index in [4.69, 9.17) is 4.74 Å². The van der Waals surface area contributed by atoms with Gasteiger partial charge in [-0.25, -0.2) is 4.68 Å². The van der Waals surface area contributed by atoms with Gasteiger partial charge in [0.15, 0.2) is 0 Å². The summed E-state index contributed by atoms with van der Waals surface area (Å²) in [6.45, 7) is 1.99. The molecule has 1 aliphatic heterocycles. The maximum Gasteiger partial charge on any atom is 0.232 e. The Bertz CT molecular complexity index is 908. The molecule has 134 valence electrons. The number of amides is 1. The van der Waals surface area contributed by atoms with Crippen LogP contribution in [0.3, 0.4) is 0 Å². The van der Waals surface area contributed by atoms with Crippen molar-refractivity contribution < 1.29 is 9.53 Å². The van der Waals surface area contributed by atoms with Crippen LogP contribution in [0.15, 0.2) is 48.1 Å². The second-order valence-corrected chi connectivity index (χ2v) is 7.12. The number of ether oxygens (including phenoxy) is 1. The lowest BCUT2D eigenvalue weighted by Crippen LogP contribution is -2.46. The molecule has 8 heteroatoms. The van der Waals surface area contributed by atoms with E-state index in [1.807, 2.05) is 48.7 Å². The Kier molecular flexibility index (Phi) is 4.34. The number of rotatable bonds is 4. The molecular formula is C18H19N5O2S. The Morgan fingerprint density at radius 3 is 2.92 bits per heavy atom. The van der Waals surface area contributed by atoms with Crippen LogP contribution in [-0.2, 0) is 4.79 Å². The van der Waals surface area contributed by atoms with E-state index in [0.717, 1.165) is 4.88 Å². The van der Waals surface area contributed by atoms with Crippen LogP contribution in [0.25, 0.3) is 0 Å². The quantitative estimate of drug-likeness (QED) is 0.739. The van der Waals surface area contributed by atoms with Gasteiger partial charge in [-0.3, -0.25) is 4.79 Å². The molecule has 3 atom stereocenters. The van der Waals surface area contributed by atoms with Crippen molar-refractivity contribution in [1.29, 1.82) is 0 Å². The number of fused-ring (bicyclic) bond motifs is 1. The van der Waals surface area contributed by atoms with E-state index in [0.29, 0.717) is 17.4 Å². The van der Waals surface area contributed by atoms with Crippen molar-refractivity contribution in [1.82, 2.24) is 14.8 Å². The zero-order valence-corrected chi connectivity index (χ0v) is 15.2. The average Bonchev–Trinajstić information content (AvgIpc) is 3.32. The summed E-state index contributed by atoms with van der Waals surface area (Å²) in [6.07, 6.45) is 1.51. The van der Waals surface area contributed by atoms with Gasteiger partial charge in [-0.05, 0) is 30.5 Å². The van der Waals surface area contributed by atoms with Gasteiger partial charge in [0.05, 0.1) is 18.7 Å². The first-order valence-electron chi connectivity index (χ1n) is 8.32. The lowest BCUT2D eigenvalue weighted by Gasteiger charge is -2.36. The normalized spacial score (nSPS) is 21.5. The molecule has 2 aromatic heterocycles. The maximum atomic E-state index is 13.2. The third-order valence-electron chi connectivity index (χ3n) is 4.57. The topological polar surface area (TPSA) is 81.1 Å². The zero-order valence-electron chi connectivity index (χ0n) is 14.4. The van der Waals surface area contributed by atoms with E-state index in [-0.39, 0.29) is 23.9 Å². The number of carbonyl (C=O) groups is 1. The van der Waals surface area contributed by atoms with Crippen molar-refractivity contribution in [3.8, 4) is 5.75 Å². The summed E-state index contributed by atoms with van der Waals surface area (Å²) in [5.41, 5.74) is 0.654. The van der Waals surface area contributed by atoms with Crippen molar-refractivity contribution in [3.63, 3.8) is 0 Å². The van der Waals surface area contributed by atoms with Gasteiger partial charge in [-0.1, -0.05) is 18.2 Å². The van der Waals surface area contributed by atoms with Crippen LogP contribution in [0, 0.1) is 5.92 Å². The highest BCUT2D eigenvalue weighted by Crippen LogP contribution is 2.38. The third kappa shape index (κ3) is 2.82. The lowest BCUT2D eigenvalue weighted by atomic mass is 9.89. The molecule has 0 radical (unpaired) electrons. The Hall–Kier alpha value is -2.87. The minimum atomic E-state index is -0.354. The Labute approximate surface area is 155 Å². The fourth-order valence-corrected chi connectivity index (χ4v) is 4.22. The largest absolute Gasteiger partial charge is 0.495 e. The monoisotopic (exact) mass is 369 g/mol. The standard InChI is InChI=1S/C18H19N5O2S/c1-11-15(17(24)22-12-6-3-4-7-13(12)25-2)16(14-8-5-9-26-14)23-18(21-11)19-10-20-23/h3-11,15-16H,1-2H3,(H,22,24)(H,19,20,21)/t11-,15-,16+/m1/s1. The van der Waals surface area contributed by atoms with Crippen LogP contribution in [-0.4, -0.2) is 33.8 Å². The van der Waals surface area contributed by atoms with E-state index < -0.39 is 0 Å². The van der Waals surface area contributed by atoms with E-state index >= 15 is 0 Å². The molecule has 0 aliphatic carbocycles. The number of anilines is 2. The van der Waals surface area contributed by atoms with Crippen LogP contribution in [0.4, 0.5) is 11.6 Å². The van der Waals surface area contributed by atoms with Crippen molar-refractivity contribution in [2.75, 3.05) is 17.7 Å². The highest BCUT2D eigenvalue weighted by Gasteiger charge is 2.42. The molecule has 4 rings (SSSR count). The number of hydrogen-bond donors (Lipinski definition) is 2. The van der Waals surface area contributed by atoms with Crippen LogP contribution in [0.5, 0.6) is 5.75 Å². The third-order valence-corrected chi connectivity index (χ3v) is 5.52. The summed E-state index contributed by atoms with van der Waals surface area (Å²) in [5.74, 6) is 0.866. The Morgan fingerprint density at radius 2 is 2.15 bits per heavy atom. The van der Waals surface area contributed by atoms with E-state index in [1.54, 1.807) is 23.1 Å². The second kappa shape index (κ2) is 6.80. The summed E-state index contributed by atoms with van der Waals surface area (Å²) >= 11 is 1.61. The number of benzene rings is 1. The number of nitrogens with zero attached hydrogens (tertiary/aromatic N) is 3. The molecular weight excluding hydrogens is 350 g/mol.